The minimum Gasteiger partial charge on any atom is -0.475 e. The molecular weight excluding hydrogens is 262 g/mol. The van der Waals surface area contributed by atoms with Crippen molar-refractivity contribution in [1.29, 1.82) is 0 Å². The zero-order chi connectivity index (χ0) is 14.5. The predicted molar refractivity (Wildman–Crippen MR) is 72.9 cm³/mol. The number of rotatable bonds is 6. The van der Waals surface area contributed by atoms with Crippen LogP contribution in [0.3, 0.4) is 0 Å². The van der Waals surface area contributed by atoms with Gasteiger partial charge in [-0.15, -0.1) is 0 Å². The molecule has 6 heteroatoms. The number of hydrogen-bond acceptors (Lipinski definition) is 4. The van der Waals surface area contributed by atoms with Crippen LogP contribution in [0.2, 0.25) is 0 Å². The van der Waals surface area contributed by atoms with Crippen LogP contribution in [0.5, 0.6) is 0 Å². The molecule has 0 radical (unpaired) electrons. The van der Waals surface area contributed by atoms with Gasteiger partial charge >= 0.3 is 5.97 Å². The first-order chi connectivity index (χ1) is 9.60. The summed E-state index contributed by atoms with van der Waals surface area (Å²) >= 11 is 0. The first kappa shape index (κ1) is 14.1. The van der Waals surface area contributed by atoms with Crippen molar-refractivity contribution in [3.63, 3.8) is 0 Å². The smallest absolute Gasteiger partial charge is 0.371 e. The van der Waals surface area contributed by atoms with Gasteiger partial charge in [0.2, 0.25) is 11.7 Å². The van der Waals surface area contributed by atoms with Crippen molar-refractivity contribution in [2.24, 2.45) is 0 Å². The normalized spacial score (nSPS) is 10.7. The first-order valence-electron chi connectivity index (χ1n) is 6.24. The number of amides is 1. The van der Waals surface area contributed by atoms with E-state index in [4.69, 9.17) is 14.3 Å². The molecule has 2 aromatic rings. The van der Waals surface area contributed by atoms with Crippen LogP contribution < -0.4 is 5.32 Å². The number of nitrogens with one attached hydrogen (secondary N) is 1. The maximum Gasteiger partial charge on any atom is 0.371 e. The van der Waals surface area contributed by atoms with Gasteiger partial charge in [-0.3, -0.25) is 4.79 Å². The van der Waals surface area contributed by atoms with Crippen LogP contribution in [0.25, 0.3) is 11.0 Å². The molecule has 1 aromatic carbocycles. The summed E-state index contributed by atoms with van der Waals surface area (Å²) in [7, 11) is 0. The molecule has 0 saturated heterocycles. The second-order valence-electron chi connectivity index (χ2n) is 4.16. The van der Waals surface area contributed by atoms with Gasteiger partial charge in [-0.05, 0) is 31.2 Å². The summed E-state index contributed by atoms with van der Waals surface area (Å²) in [5.74, 6) is -1.40. The second kappa shape index (κ2) is 6.21. The van der Waals surface area contributed by atoms with Crippen molar-refractivity contribution in [2.75, 3.05) is 18.5 Å². The predicted octanol–water partition coefficient (Wildman–Crippen LogP) is 2.50. The SMILES string of the molecule is CCOCCC(=O)Nc1ccc2oc(C(=O)O)cc2c1. The Morgan fingerprint density at radius 3 is 2.85 bits per heavy atom. The van der Waals surface area contributed by atoms with Gasteiger partial charge in [0.15, 0.2) is 0 Å². The Morgan fingerprint density at radius 1 is 1.35 bits per heavy atom. The van der Waals surface area contributed by atoms with E-state index in [-0.39, 0.29) is 18.1 Å². The lowest BCUT2D eigenvalue weighted by Crippen LogP contribution is -2.13. The molecular formula is C14H15NO5. The highest BCUT2D eigenvalue weighted by Crippen LogP contribution is 2.23. The zero-order valence-corrected chi connectivity index (χ0v) is 11.0. The van der Waals surface area contributed by atoms with Gasteiger partial charge in [-0.1, -0.05) is 0 Å². The van der Waals surface area contributed by atoms with Gasteiger partial charge in [0.25, 0.3) is 0 Å². The molecule has 0 aliphatic rings. The van der Waals surface area contributed by atoms with E-state index < -0.39 is 5.97 Å². The number of furan rings is 1. The van der Waals surface area contributed by atoms with Crippen molar-refractivity contribution in [3.8, 4) is 0 Å². The molecule has 0 bridgehead atoms. The highest BCUT2D eigenvalue weighted by Gasteiger charge is 2.11. The topological polar surface area (TPSA) is 88.8 Å². The van der Waals surface area contributed by atoms with Crippen molar-refractivity contribution in [2.45, 2.75) is 13.3 Å². The minimum atomic E-state index is -1.12. The van der Waals surface area contributed by atoms with Crippen molar-refractivity contribution in [3.05, 3.63) is 30.0 Å². The quantitative estimate of drug-likeness (QED) is 0.792. The summed E-state index contributed by atoms with van der Waals surface area (Å²) in [5.41, 5.74) is 1.06. The zero-order valence-electron chi connectivity index (χ0n) is 11.0. The van der Waals surface area contributed by atoms with E-state index >= 15 is 0 Å². The second-order valence-corrected chi connectivity index (χ2v) is 4.16. The third kappa shape index (κ3) is 3.36. The van der Waals surface area contributed by atoms with E-state index in [1.165, 1.54) is 6.07 Å². The maximum absolute atomic E-state index is 11.6. The molecule has 0 atom stereocenters. The van der Waals surface area contributed by atoms with Gasteiger partial charge in [0.05, 0.1) is 13.0 Å². The summed E-state index contributed by atoms with van der Waals surface area (Å²) in [6, 6.07) is 6.38. The molecule has 0 unspecified atom stereocenters. The van der Waals surface area contributed by atoms with Crippen LogP contribution in [0.4, 0.5) is 5.69 Å². The number of hydrogen-bond donors (Lipinski definition) is 2. The standard InChI is InChI=1S/C14H15NO5/c1-2-19-6-5-13(16)15-10-3-4-11-9(7-10)8-12(20-11)14(17)18/h3-4,7-8H,2,5-6H2,1H3,(H,15,16)(H,17,18). The Balaban J connectivity index is 2.07. The molecule has 2 N–H and O–H groups in total. The van der Waals surface area contributed by atoms with Gasteiger partial charge in [-0.2, -0.15) is 0 Å². The fraction of sp³-hybridized carbons (Fsp3) is 0.286. The fourth-order valence-electron chi connectivity index (χ4n) is 1.76. The summed E-state index contributed by atoms with van der Waals surface area (Å²) < 4.78 is 10.2. The van der Waals surface area contributed by atoms with E-state index in [2.05, 4.69) is 5.32 Å². The van der Waals surface area contributed by atoms with Gasteiger partial charge in [-0.25, -0.2) is 4.79 Å². The van der Waals surface area contributed by atoms with Gasteiger partial charge in [0, 0.05) is 17.7 Å². The lowest BCUT2D eigenvalue weighted by atomic mass is 10.2. The largest absolute Gasteiger partial charge is 0.475 e. The van der Waals surface area contributed by atoms with Crippen molar-refractivity contribution in [1.82, 2.24) is 0 Å². The maximum atomic E-state index is 11.6. The average Bonchev–Trinajstić information content (AvgIpc) is 2.82. The number of fused-ring (bicyclic) bond motifs is 1. The van der Waals surface area contributed by atoms with Crippen LogP contribution in [0.15, 0.2) is 28.7 Å². The molecule has 0 saturated carbocycles. The van der Waals surface area contributed by atoms with Crippen LogP contribution in [0.1, 0.15) is 23.9 Å². The van der Waals surface area contributed by atoms with E-state index in [9.17, 15) is 9.59 Å². The molecule has 1 aromatic heterocycles. The molecule has 6 nitrogen and oxygen atoms in total. The molecule has 106 valence electrons. The van der Waals surface area contributed by atoms with Crippen LogP contribution in [-0.4, -0.2) is 30.2 Å². The lowest BCUT2D eigenvalue weighted by Gasteiger charge is -2.05. The van der Waals surface area contributed by atoms with Crippen LogP contribution >= 0.6 is 0 Å². The number of ether oxygens (including phenoxy) is 1. The van der Waals surface area contributed by atoms with Crippen LogP contribution in [0, 0.1) is 0 Å². The first-order valence-corrected chi connectivity index (χ1v) is 6.24. The Labute approximate surface area is 115 Å². The number of carboxylic acids is 1. The number of carbonyl (C=O) groups excluding carboxylic acids is 1. The third-order valence-corrected chi connectivity index (χ3v) is 2.69. The van der Waals surface area contributed by atoms with E-state index in [1.807, 2.05) is 6.92 Å². The Morgan fingerprint density at radius 2 is 2.15 bits per heavy atom. The highest BCUT2D eigenvalue weighted by atomic mass is 16.5. The number of carbonyl (C=O) groups is 2. The van der Waals surface area contributed by atoms with E-state index in [0.717, 1.165) is 0 Å². The molecule has 1 amide bonds. The third-order valence-electron chi connectivity index (χ3n) is 2.69. The van der Waals surface area contributed by atoms with Crippen molar-refractivity contribution >= 4 is 28.5 Å². The minimum absolute atomic E-state index is 0.125. The number of aromatic carboxylic acids is 1. The molecule has 20 heavy (non-hydrogen) atoms. The summed E-state index contributed by atoms with van der Waals surface area (Å²) in [4.78, 5) is 22.4. The summed E-state index contributed by atoms with van der Waals surface area (Å²) in [5, 5.41) is 12.2. The molecule has 0 fully saturated rings. The molecule has 0 aliphatic carbocycles. The summed E-state index contributed by atoms with van der Waals surface area (Å²) in [6.07, 6.45) is 0.275. The van der Waals surface area contributed by atoms with Crippen LogP contribution in [-0.2, 0) is 9.53 Å². The Bertz CT molecular complexity index is 632. The number of anilines is 1. The fourth-order valence-corrected chi connectivity index (χ4v) is 1.76. The highest BCUT2D eigenvalue weighted by molar-refractivity contribution is 5.95. The molecule has 1 heterocycles. The lowest BCUT2D eigenvalue weighted by molar-refractivity contribution is -0.117. The molecule has 2 rings (SSSR count). The average molecular weight is 277 g/mol. The number of benzene rings is 1. The van der Waals surface area contributed by atoms with E-state index in [0.29, 0.717) is 29.9 Å². The van der Waals surface area contributed by atoms with E-state index in [1.54, 1.807) is 18.2 Å². The van der Waals surface area contributed by atoms with Crippen molar-refractivity contribution < 1.29 is 23.8 Å². The molecule has 0 spiro atoms. The Hall–Kier alpha value is -2.34. The van der Waals surface area contributed by atoms with Gasteiger partial charge < -0.3 is 19.6 Å². The summed E-state index contributed by atoms with van der Waals surface area (Å²) in [6.45, 7) is 2.82. The van der Waals surface area contributed by atoms with Gasteiger partial charge in [0.1, 0.15) is 5.58 Å². The molecule has 0 aliphatic heterocycles. The monoisotopic (exact) mass is 277 g/mol. The number of carboxylic acid groups (broad SMARTS) is 1. The Kier molecular flexibility index (Phi) is 4.37.